The minimum Gasteiger partial charge on any atom is -0.390 e. The van der Waals surface area contributed by atoms with Crippen molar-refractivity contribution in [3.63, 3.8) is 0 Å². The molecule has 2 bridgehead atoms. The molecule has 144 valence electrons. The number of carbonyl (C=O) groups excluding carboxylic acids is 1. The number of hydrogen-bond acceptors (Lipinski definition) is 6. The number of ether oxygens (including phenoxy) is 1. The van der Waals surface area contributed by atoms with Gasteiger partial charge in [0, 0.05) is 16.4 Å². The van der Waals surface area contributed by atoms with E-state index in [4.69, 9.17) is 4.74 Å². The van der Waals surface area contributed by atoms with Crippen LogP contribution < -0.4 is 0 Å². The number of ketones is 1. The van der Waals surface area contributed by atoms with Crippen molar-refractivity contribution >= 4 is 5.78 Å². The van der Waals surface area contributed by atoms with Gasteiger partial charge in [-0.1, -0.05) is 39.3 Å². The van der Waals surface area contributed by atoms with Crippen LogP contribution in [0.3, 0.4) is 0 Å². The molecule has 2 saturated carbocycles. The number of fused-ring (bicyclic) bond motifs is 1. The highest BCUT2D eigenvalue weighted by Gasteiger charge is 2.88. The minimum atomic E-state index is -2.44. The number of allylic oxidation sites excluding steroid dienone is 2. The van der Waals surface area contributed by atoms with Gasteiger partial charge in [-0.15, -0.1) is 6.58 Å². The summed E-state index contributed by atoms with van der Waals surface area (Å²) in [5.74, 6) is -3.30. The maximum Gasteiger partial charge on any atom is 0.262 e. The highest BCUT2D eigenvalue weighted by atomic mass is 16.7. The second-order valence-electron chi connectivity index (χ2n) is 9.55. The molecule has 6 heteroatoms. The van der Waals surface area contributed by atoms with Gasteiger partial charge in [0.05, 0.1) is 18.1 Å². The SMILES string of the molecule is C=C[C@]1(C)C=C2C(=O)[C@]3(O)OC[C@@]4(CCCC(C)(C)[C@@]43O)C2(O)[C@H](O)C1. The monoisotopic (exact) mass is 364 g/mol. The lowest BCUT2D eigenvalue weighted by Gasteiger charge is -2.66. The van der Waals surface area contributed by atoms with Gasteiger partial charge < -0.3 is 25.2 Å². The molecular weight excluding hydrogens is 336 g/mol. The lowest BCUT2D eigenvalue weighted by atomic mass is 9.39. The molecule has 0 aromatic heterocycles. The molecule has 4 rings (SSSR count). The van der Waals surface area contributed by atoms with Gasteiger partial charge in [0.25, 0.3) is 5.79 Å². The molecule has 4 aliphatic rings. The first-order valence-electron chi connectivity index (χ1n) is 9.26. The molecule has 0 amide bonds. The van der Waals surface area contributed by atoms with Gasteiger partial charge in [-0.25, -0.2) is 0 Å². The summed E-state index contributed by atoms with van der Waals surface area (Å²) < 4.78 is 5.58. The molecule has 1 heterocycles. The third-order valence-corrected chi connectivity index (χ3v) is 7.84. The van der Waals surface area contributed by atoms with E-state index < -0.39 is 45.1 Å². The lowest BCUT2D eigenvalue weighted by molar-refractivity contribution is -0.327. The van der Waals surface area contributed by atoms with Gasteiger partial charge >= 0.3 is 0 Å². The third-order valence-electron chi connectivity index (χ3n) is 7.84. The van der Waals surface area contributed by atoms with Crippen LogP contribution in [0.25, 0.3) is 0 Å². The van der Waals surface area contributed by atoms with Crippen LogP contribution in [-0.2, 0) is 9.53 Å². The number of carbonyl (C=O) groups is 1. The zero-order valence-electron chi connectivity index (χ0n) is 15.6. The first kappa shape index (κ1) is 18.3. The molecule has 3 fully saturated rings. The summed E-state index contributed by atoms with van der Waals surface area (Å²) >= 11 is 0. The number of rotatable bonds is 1. The van der Waals surface area contributed by atoms with Crippen molar-refractivity contribution in [3.8, 4) is 0 Å². The second-order valence-corrected chi connectivity index (χ2v) is 9.55. The molecule has 1 saturated heterocycles. The van der Waals surface area contributed by atoms with E-state index in [-0.39, 0.29) is 18.6 Å². The fourth-order valence-corrected chi connectivity index (χ4v) is 6.32. The summed E-state index contributed by atoms with van der Waals surface area (Å²) in [6, 6.07) is 0. The molecule has 26 heavy (non-hydrogen) atoms. The second kappa shape index (κ2) is 4.67. The molecule has 6 nitrogen and oxygen atoms in total. The van der Waals surface area contributed by atoms with Crippen molar-refractivity contribution in [2.75, 3.05) is 6.61 Å². The Morgan fingerprint density at radius 1 is 1.23 bits per heavy atom. The Bertz CT molecular complexity index is 743. The highest BCUT2D eigenvalue weighted by Crippen LogP contribution is 2.72. The Morgan fingerprint density at radius 3 is 2.50 bits per heavy atom. The predicted octanol–water partition coefficient (Wildman–Crippen LogP) is 0.830. The van der Waals surface area contributed by atoms with Crippen molar-refractivity contribution in [2.24, 2.45) is 16.2 Å². The van der Waals surface area contributed by atoms with Crippen LogP contribution >= 0.6 is 0 Å². The Kier molecular flexibility index (Phi) is 3.29. The van der Waals surface area contributed by atoms with Crippen LogP contribution in [-0.4, -0.2) is 55.9 Å². The van der Waals surface area contributed by atoms with Gasteiger partial charge in [-0.05, 0) is 19.3 Å². The maximum atomic E-state index is 13.3. The molecule has 1 aliphatic heterocycles. The lowest BCUT2D eigenvalue weighted by Crippen LogP contribution is -2.83. The predicted molar refractivity (Wildman–Crippen MR) is 92.9 cm³/mol. The van der Waals surface area contributed by atoms with Crippen molar-refractivity contribution in [2.45, 2.75) is 69.5 Å². The molecule has 0 spiro atoms. The van der Waals surface area contributed by atoms with Gasteiger partial charge in [-0.2, -0.15) is 0 Å². The summed E-state index contributed by atoms with van der Waals surface area (Å²) in [7, 11) is 0. The normalized spacial score (nSPS) is 55.0. The first-order valence-corrected chi connectivity index (χ1v) is 9.26. The van der Waals surface area contributed by atoms with Gasteiger partial charge in [0.2, 0.25) is 5.78 Å². The average molecular weight is 364 g/mol. The largest absolute Gasteiger partial charge is 0.390 e. The first-order chi connectivity index (χ1) is 11.9. The Labute approximate surface area is 153 Å². The Hall–Kier alpha value is -1.05. The fourth-order valence-electron chi connectivity index (χ4n) is 6.32. The Balaban J connectivity index is 2.07. The average Bonchev–Trinajstić information content (AvgIpc) is 2.79. The molecule has 3 aliphatic carbocycles. The molecule has 4 N–H and O–H groups in total. The van der Waals surface area contributed by atoms with Crippen molar-refractivity contribution in [3.05, 3.63) is 24.3 Å². The van der Waals surface area contributed by atoms with E-state index in [1.807, 2.05) is 0 Å². The van der Waals surface area contributed by atoms with E-state index in [2.05, 4.69) is 6.58 Å². The summed E-state index contributed by atoms with van der Waals surface area (Å²) in [6.07, 6.45) is 3.67. The zero-order valence-corrected chi connectivity index (χ0v) is 15.6. The van der Waals surface area contributed by atoms with Crippen molar-refractivity contribution in [1.82, 2.24) is 0 Å². The number of Topliss-reactive ketones (excluding diaryl/α,β-unsaturated/α-hetero) is 1. The molecule has 0 aromatic rings. The van der Waals surface area contributed by atoms with Crippen LogP contribution in [0.2, 0.25) is 0 Å². The quantitative estimate of drug-likeness (QED) is 0.514. The summed E-state index contributed by atoms with van der Waals surface area (Å²) in [5.41, 5.74) is -7.01. The molecule has 0 aromatic carbocycles. The van der Waals surface area contributed by atoms with E-state index in [1.54, 1.807) is 32.9 Å². The number of hydrogen-bond donors (Lipinski definition) is 4. The highest BCUT2D eigenvalue weighted by molar-refractivity contribution is 6.06. The van der Waals surface area contributed by atoms with Crippen LogP contribution in [0.5, 0.6) is 0 Å². The summed E-state index contributed by atoms with van der Waals surface area (Å²) in [6.45, 7) is 8.93. The Morgan fingerprint density at radius 2 is 1.88 bits per heavy atom. The molecular formula is C20H28O6. The van der Waals surface area contributed by atoms with Crippen LogP contribution in [0, 0.1) is 16.2 Å². The van der Waals surface area contributed by atoms with Crippen molar-refractivity contribution < 1.29 is 30.0 Å². The topological polar surface area (TPSA) is 107 Å². The van der Waals surface area contributed by atoms with Crippen LogP contribution in [0.15, 0.2) is 24.3 Å². The van der Waals surface area contributed by atoms with Gasteiger partial charge in [0.15, 0.2) is 0 Å². The van der Waals surface area contributed by atoms with Gasteiger partial charge in [-0.3, -0.25) is 4.79 Å². The summed E-state index contributed by atoms with van der Waals surface area (Å²) in [5, 5.41) is 46.0. The fraction of sp³-hybridized carbons (Fsp3) is 0.750. The van der Waals surface area contributed by atoms with Crippen LogP contribution in [0.1, 0.15) is 46.5 Å². The molecule has 6 atom stereocenters. The van der Waals surface area contributed by atoms with E-state index in [0.29, 0.717) is 19.3 Å². The third kappa shape index (κ3) is 1.53. The van der Waals surface area contributed by atoms with E-state index >= 15 is 0 Å². The van der Waals surface area contributed by atoms with E-state index in [1.165, 1.54) is 0 Å². The zero-order chi connectivity index (χ0) is 19.4. The molecule has 0 radical (unpaired) electrons. The summed E-state index contributed by atoms with van der Waals surface area (Å²) in [4.78, 5) is 13.3. The number of aliphatic hydroxyl groups excluding tert-OH is 1. The van der Waals surface area contributed by atoms with Gasteiger partial charge in [0.1, 0.15) is 11.2 Å². The standard InChI is InChI=1S/C20H28O6/c1-5-16(4)9-12-14(22)19(24)20(25)15(2,3)7-6-8-17(20,11-26-19)18(12,23)13(21)10-16/h5,9,13,21,23-25H,1,6-8,10-11H2,2-4H3/t13-,16-,17+,18?,19+,20-/m1/s1. The van der Waals surface area contributed by atoms with Crippen LogP contribution in [0.4, 0.5) is 0 Å². The maximum absolute atomic E-state index is 13.3. The minimum absolute atomic E-state index is 0.0685. The molecule has 1 unspecified atom stereocenters. The van der Waals surface area contributed by atoms with E-state index in [9.17, 15) is 25.2 Å². The number of aliphatic hydroxyl groups is 4. The van der Waals surface area contributed by atoms with Crippen molar-refractivity contribution in [1.29, 1.82) is 0 Å². The smallest absolute Gasteiger partial charge is 0.262 e. The van der Waals surface area contributed by atoms with E-state index in [0.717, 1.165) is 0 Å².